The molecule has 5 nitrogen and oxygen atoms in total. The number of hydrogen-bond acceptors (Lipinski definition) is 3. The fraction of sp³-hybridized carbons (Fsp3) is 0.500. The Kier molecular flexibility index (Phi) is 3.68. The van der Waals surface area contributed by atoms with Gasteiger partial charge in [-0.2, -0.15) is 5.10 Å². The molecule has 0 aliphatic carbocycles. The third-order valence-corrected chi connectivity index (χ3v) is 3.57. The molecule has 0 unspecified atom stereocenters. The fourth-order valence-electron chi connectivity index (χ4n) is 0.861. The Morgan fingerprint density at radius 1 is 1.69 bits per heavy atom. The van der Waals surface area contributed by atoms with Crippen LogP contribution in [0.5, 0.6) is 0 Å². The van der Waals surface area contributed by atoms with Crippen LogP contribution in [0.15, 0.2) is 11.1 Å². The lowest BCUT2D eigenvalue weighted by Gasteiger charge is -2.02. The zero-order chi connectivity index (χ0) is 9.90. The van der Waals surface area contributed by atoms with Gasteiger partial charge in [-0.15, -0.1) is 0 Å². The Hall–Kier alpha value is -0.150. The summed E-state index contributed by atoms with van der Waals surface area (Å²) < 4.78 is 26.2. The van der Waals surface area contributed by atoms with E-state index in [2.05, 4.69) is 37.5 Å². The monoisotopic (exact) mass is 315 g/mol. The summed E-state index contributed by atoms with van der Waals surface area (Å²) in [6.07, 6.45) is 1.31. The van der Waals surface area contributed by atoms with Gasteiger partial charge in [0.05, 0.1) is 11.9 Å². The number of halogens is 1. The second-order valence-electron chi connectivity index (χ2n) is 2.45. The summed E-state index contributed by atoms with van der Waals surface area (Å²) in [6, 6.07) is 0. The molecule has 0 saturated heterocycles. The standard InChI is InChI=1S/C6H10IN3O2S/c1-5-6(4-8-10-5)13(11,12)9-3-2-7/h4,9H,2-3H2,1H3,(H,8,10). The lowest BCUT2D eigenvalue weighted by atomic mass is 10.5. The van der Waals surface area contributed by atoms with Gasteiger partial charge < -0.3 is 0 Å². The van der Waals surface area contributed by atoms with Gasteiger partial charge in [0.1, 0.15) is 4.90 Å². The van der Waals surface area contributed by atoms with Crippen LogP contribution in [-0.2, 0) is 10.0 Å². The Morgan fingerprint density at radius 2 is 2.38 bits per heavy atom. The van der Waals surface area contributed by atoms with E-state index in [0.717, 1.165) is 4.43 Å². The molecule has 0 atom stereocenters. The van der Waals surface area contributed by atoms with E-state index in [1.807, 2.05) is 0 Å². The topological polar surface area (TPSA) is 74.8 Å². The zero-order valence-electron chi connectivity index (χ0n) is 7.04. The normalized spacial score (nSPS) is 11.8. The van der Waals surface area contributed by atoms with Gasteiger partial charge in [0.2, 0.25) is 10.0 Å². The maximum atomic E-state index is 11.5. The van der Waals surface area contributed by atoms with Crippen molar-refractivity contribution in [2.24, 2.45) is 0 Å². The SMILES string of the molecule is Cc1[nH]ncc1S(=O)(=O)NCCI. The lowest BCUT2D eigenvalue weighted by molar-refractivity contribution is 0.584. The number of rotatable bonds is 4. The van der Waals surface area contributed by atoms with Gasteiger partial charge in [-0.05, 0) is 6.92 Å². The molecule has 0 aliphatic heterocycles. The van der Waals surface area contributed by atoms with Crippen LogP contribution in [0.3, 0.4) is 0 Å². The first-order valence-electron chi connectivity index (χ1n) is 3.63. The third kappa shape index (κ3) is 2.64. The molecule has 2 N–H and O–H groups in total. The van der Waals surface area contributed by atoms with E-state index < -0.39 is 10.0 Å². The Morgan fingerprint density at radius 3 is 2.85 bits per heavy atom. The number of hydrogen-bond donors (Lipinski definition) is 2. The molecule has 0 aromatic carbocycles. The molecule has 0 amide bonds. The fourth-order valence-corrected chi connectivity index (χ4v) is 2.66. The predicted octanol–water partition coefficient (Wildman–Crippen LogP) is 0.431. The summed E-state index contributed by atoms with van der Waals surface area (Å²) in [5.74, 6) is 0. The van der Waals surface area contributed by atoms with E-state index in [1.165, 1.54) is 6.20 Å². The highest BCUT2D eigenvalue weighted by Gasteiger charge is 2.17. The molecule has 0 aliphatic rings. The Labute approximate surface area is 90.5 Å². The van der Waals surface area contributed by atoms with Crippen LogP contribution in [0.25, 0.3) is 0 Å². The predicted molar refractivity (Wildman–Crippen MR) is 57.4 cm³/mol. The van der Waals surface area contributed by atoms with Crippen LogP contribution in [0, 0.1) is 6.92 Å². The van der Waals surface area contributed by atoms with E-state index in [1.54, 1.807) is 6.92 Å². The minimum absolute atomic E-state index is 0.220. The third-order valence-electron chi connectivity index (χ3n) is 1.46. The number of aryl methyl sites for hydroxylation is 1. The quantitative estimate of drug-likeness (QED) is 0.625. The summed E-state index contributed by atoms with van der Waals surface area (Å²) in [6.45, 7) is 2.11. The molecule has 7 heteroatoms. The van der Waals surface area contributed by atoms with E-state index in [4.69, 9.17) is 0 Å². The maximum absolute atomic E-state index is 11.5. The van der Waals surface area contributed by atoms with E-state index in [9.17, 15) is 8.42 Å². The van der Waals surface area contributed by atoms with Crippen LogP contribution in [0.2, 0.25) is 0 Å². The van der Waals surface area contributed by atoms with Crippen molar-refractivity contribution in [2.75, 3.05) is 11.0 Å². The van der Waals surface area contributed by atoms with Gasteiger partial charge in [0.15, 0.2) is 0 Å². The summed E-state index contributed by atoms with van der Waals surface area (Å²) >= 11 is 2.10. The average molecular weight is 315 g/mol. The van der Waals surface area contributed by atoms with Gasteiger partial charge in [-0.25, -0.2) is 13.1 Å². The van der Waals surface area contributed by atoms with Crippen molar-refractivity contribution in [2.45, 2.75) is 11.8 Å². The van der Waals surface area contributed by atoms with E-state index in [-0.39, 0.29) is 4.90 Å². The molecule has 0 spiro atoms. The highest BCUT2D eigenvalue weighted by Crippen LogP contribution is 2.09. The van der Waals surface area contributed by atoms with Gasteiger partial charge in [0, 0.05) is 11.0 Å². The molecule has 0 radical (unpaired) electrons. The second-order valence-corrected chi connectivity index (χ2v) is 5.26. The molecule has 1 aromatic heterocycles. The van der Waals surface area contributed by atoms with Crippen LogP contribution in [0.4, 0.5) is 0 Å². The number of aromatic nitrogens is 2. The first kappa shape index (κ1) is 10.9. The molecule has 74 valence electrons. The van der Waals surface area contributed by atoms with Crippen LogP contribution < -0.4 is 4.72 Å². The lowest BCUT2D eigenvalue weighted by Crippen LogP contribution is -2.25. The Balaban J connectivity index is 2.88. The number of H-pyrrole nitrogens is 1. The van der Waals surface area contributed by atoms with E-state index in [0.29, 0.717) is 12.2 Å². The van der Waals surface area contributed by atoms with Crippen molar-refractivity contribution in [3.05, 3.63) is 11.9 Å². The number of alkyl halides is 1. The number of nitrogens with one attached hydrogen (secondary N) is 2. The minimum atomic E-state index is -3.36. The minimum Gasteiger partial charge on any atom is -0.281 e. The highest BCUT2D eigenvalue weighted by atomic mass is 127. The smallest absolute Gasteiger partial charge is 0.243 e. The molecular weight excluding hydrogens is 305 g/mol. The van der Waals surface area contributed by atoms with Gasteiger partial charge >= 0.3 is 0 Å². The number of sulfonamides is 1. The summed E-state index contributed by atoms with van der Waals surface area (Å²) in [4.78, 5) is 0.220. The summed E-state index contributed by atoms with van der Waals surface area (Å²) in [5, 5.41) is 6.23. The van der Waals surface area contributed by atoms with E-state index >= 15 is 0 Å². The Bertz CT molecular complexity index is 373. The van der Waals surface area contributed by atoms with Gasteiger partial charge in [0.25, 0.3) is 0 Å². The first-order valence-corrected chi connectivity index (χ1v) is 6.64. The van der Waals surface area contributed by atoms with Crippen molar-refractivity contribution in [3.8, 4) is 0 Å². The average Bonchev–Trinajstić information content (AvgIpc) is 2.48. The van der Waals surface area contributed by atoms with Crippen molar-refractivity contribution in [1.82, 2.24) is 14.9 Å². The van der Waals surface area contributed by atoms with Crippen LogP contribution >= 0.6 is 22.6 Å². The molecule has 1 aromatic rings. The van der Waals surface area contributed by atoms with Crippen LogP contribution in [-0.4, -0.2) is 29.6 Å². The van der Waals surface area contributed by atoms with Gasteiger partial charge in [-0.1, -0.05) is 22.6 Å². The largest absolute Gasteiger partial charge is 0.281 e. The zero-order valence-corrected chi connectivity index (χ0v) is 10.0. The molecule has 13 heavy (non-hydrogen) atoms. The molecular formula is C6H10IN3O2S. The summed E-state index contributed by atoms with van der Waals surface area (Å²) in [7, 11) is -3.36. The van der Waals surface area contributed by atoms with Gasteiger partial charge in [-0.3, -0.25) is 5.10 Å². The molecule has 0 fully saturated rings. The van der Waals surface area contributed by atoms with Crippen molar-refractivity contribution < 1.29 is 8.42 Å². The van der Waals surface area contributed by atoms with Crippen molar-refractivity contribution in [1.29, 1.82) is 0 Å². The maximum Gasteiger partial charge on any atom is 0.243 e. The second kappa shape index (κ2) is 4.38. The van der Waals surface area contributed by atoms with Crippen molar-refractivity contribution >= 4 is 32.6 Å². The van der Waals surface area contributed by atoms with Crippen molar-refractivity contribution in [3.63, 3.8) is 0 Å². The number of aromatic amines is 1. The molecule has 0 saturated carbocycles. The first-order chi connectivity index (χ1) is 6.08. The highest BCUT2D eigenvalue weighted by molar-refractivity contribution is 14.1. The number of nitrogens with zero attached hydrogens (tertiary/aromatic N) is 1. The molecule has 1 rings (SSSR count). The van der Waals surface area contributed by atoms with Crippen LogP contribution in [0.1, 0.15) is 5.69 Å². The molecule has 1 heterocycles. The summed E-state index contributed by atoms with van der Waals surface area (Å²) in [5.41, 5.74) is 0.556. The molecule has 0 bridgehead atoms.